The van der Waals surface area contributed by atoms with Crippen molar-refractivity contribution in [1.82, 2.24) is 0 Å². The molecular formula is C9H16Cl4O2Si. The predicted octanol–water partition coefficient (Wildman–Crippen LogP) is 4.37. The Morgan fingerprint density at radius 2 is 1.75 bits per heavy atom. The lowest BCUT2D eigenvalue weighted by molar-refractivity contribution is -0.142. The van der Waals surface area contributed by atoms with Crippen molar-refractivity contribution >= 4 is 56.8 Å². The smallest absolute Gasteiger partial charge is 0.341 e. The van der Waals surface area contributed by atoms with Crippen molar-refractivity contribution in [2.45, 2.75) is 44.0 Å². The van der Waals surface area contributed by atoms with E-state index in [9.17, 15) is 4.79 Å². The van der Waals surface area contributed by atoms with Gasteiger partial charge in [0, 0.05) is 0 Å². The van der Waals surface area contributed by atoms with Crippen LogP contribution in [-0.2, 0) is 9.53 Å². The summed E-state index contributed by atoms with van der Waals surface area (Å²) in [5.41, 5.74) is 0. The van der Waals surface area contributed by atoms with E-state index in [4.69, 9.17) is 49.6 Å². The Hall–Kier alpha value is 0.847. The van der Waals surface area contributed by atoms with Crippen molar-refractivity contribution < 1.29 is 9.53 Å². The standard InChI is InChI=1S/C9H16Cl4O2Si/c1-8(10)9(14)15-6-4-2-3-5-7-16(11,12)13/h8H,2-7H2,1H3. The highest BCUT2D eigenvalue weighted by Gasteiger charge is 2.23. The van der Waals surface area contributed by atoms with E-state index < -0.39 is 11.4 Å². The van der Waals surface area contributed by atoms with Crippen molar-refractivity contribution in [3.05, 3.63) is 0 Å². The highest BCUT2D eigenvalue weighted by atomic mass is 35.8. The van der Waals surface area contributed by atoms with Crippen LogP contribution in [0.2, 0.25) is 6.04 Å². The van der Waals surface area contributed by atoms with Crippen LogP contribution in [0.1, 0.15) is 32.6 Å². The molecule has 7 heteroatoms. The van der Waals surface area contributed by atoms with Gasteiger partial charge in [0.2, 0.25) is 0 Å². The highest BCUT2D eigenvalue weighted by molar-refractivity contribution is 7.64. The summed E-state index contributed by atoms with van der Waals surface area (Å²) in [4.78, 5) is 11.0. The molecule has 0 heterocycles. The maximum absolute atomic E-state index is 11.0. The molecule has 0 aliphatic heterocycles. The van der Waals surface area contributed by atoms with E-state index in [1.165, 1.54) is 0 Å². The molecule has 0 aromatic rings. The van der Waals surface area contributed by atoms with Crippen molar-refractivity contribution in [3.63, 3.8) is 0 Å². The van der Waals surface area contributed by atoms with Crippen LogP contribution >= 0.6 is 44.8 Å². The number of rotatable bonds is 8. The summed E-state index contributed by atoms with van der Waals surface area (Å²) in [6, 6.07) is -1.75. The van der Waals surface area contributed by atoms with Gasteiger partial charge in [-0.3, -0.25) is 4.79 Å². The number of carbonyl (C=O) groups is 1. The monoisotopic (exact) mass is 324 g/mol. The third-order valence-electron chi connectivity index (χ3n) is 1.92. The van der Waals surface area contributed by atoms with Crippen LogP contribution in [-0.4, -0.2) is 24.0 Å². The van der Waals surface area contributed by atoms with Crippen LogP contribution < -0.4 is 0 Å². The van der Waals surface area contributed by atoms with E-state index in [1.54, 1.807) is 6.92 Å². The average molecular weight is 326 g/mol. The van der Waals surface area contributed by atoms with E-state index in [0.717, 1.165) is 25.7 Å². The van der Waals surface area contributed by atoms with E-state index >= 15 is 0 Å². The largest absolute Gasteiger partial charge is 0.465 e. The lowest BCUT2D eigenvalue weighted by atomic mass is 10.2. The van der Waals surface area contributed by atoms with Crippen LogP contribution in [0.15, 0.2) is 0 Å². The molecule has 0 fully saturated rings. The Bertz CT molecular complexity index is 206. The van der Waals surface area contributed by atoms with Gasteiger partial charge in [-0.15, -0.1) is 44.8 Å². The number of carbonyl (C=O) groups excluding carboxylic acids is 1. The Morgan fingerprint density at radius 3 is 2.25 bits per heavy atom. The van der Waals surface area contributed by atoms with Crippen molar-refractivity contribution in [2.24, 2.45) is 0 Å². The minimum atomic E-state index is -2.44. The summed E-state index contributed by atoms with van der Waals surface area (Å²) < 4.78 is 4.91. The van der Waals surface area contributed by atoms with E-state index in [1.807, 2.05) is 0 Å². The molecule has 1 atom stereocenters. The summed E-state index contributed by atoms with van der Waals surface area (Å²) >= 11 is 22.7. The summed E-state index contributed by atoms with van der Waals surface area (Å²) in [5.74, 6) is -0.365. The zero-order chi connectivity index (χ0) is 12.6. The number of unbranched alkanes of at least 4 members (excludes halogenated alkanes) is 3. The van der Waals surface area contributed by atoms with Crippen molar-refractivity contribution in [1.29, 1.82) is 0 Å². The second-order valence-electron chi connectivity index (χ2n) is 3.56. The van der Waals surface area contributed by atoms with Gasteiger partial charge in [-0.25, -0.2) is 0 Å². The molecule has 0 saturated carbocycles. The maximum atomic E-state index is 11.0. The number of hydrogen-bond acceptors (Lipinski definition) is 2. The molecule has 0 amide bonds. The molecule has 0 aliphatic rings. The fourth-order valence-electron chi connectivity index (χ4n) is 1.07. The van der Waals surface area contributed by atoms with Crippen LogP contribution in [0.25, 0.3) is 0 Å². The highest BCUT2D eigenvalue weighted by Crippen LogP contribution is 2.27. The molecular weight excluding hydrogens is 310 g/mol. The van der Waals surface area contributed by atoms with Gasteiger partial charge in [-0.05, 0) is 19.4 Å². The van der Waals surface area contributed by atoms with Crippen molar-refractivity contribution in [2.75, 3.05) is 6.61 Å². The minimum absolute atomic E-state index is 0.365. The zero-order valence-electron chi connectivity index (χ0n) is 9.15. The quantitative estimate of drug-likeness (QED) is 0.218. The Morgan fingerprint density at radius 1 is 1.19 bits per heavy atom. The van der Waals surface area contributed by atoms with Gasteiger partial charge in [-0.2, -0.15) is 0 Å². The van der Waals surface area contributed by atoms with E-state index in [-0.39, 0.29) is 5.97 Å². The van der Waals surface area contributed by atoms with Gasteiger partial charge in [0.1, 0.15) is 5.38 Å². The molecule has 16 heavy (non-hydrogen) atoms. The second kappa shape index (κ2) is 8.87. The molecule has 0 bridgehead atoms. The third-order valence-corrected chi connectivity index (χ3v) is 4.72. The molecule has 1 unspecified atom stereocenters. The Kier molecular flexibility index (Phi) is 9.34. The minimum Gasteiger partial charge on any atom is -0.465 e. The van der Waals surface area contributed by atoms with E-state index in [0.29, 0.717) is 12.7 Å². The third kappa shape index (κ3) is 11.3. The predicted molar refractivity (Wildman–Crippen MR) is 72.9 cm³/mol. The summed E-state index contributed by atoms with van der Waals surface area (Å²) in [6.45, 7) is 2.01. The van der Waals surface area contributed by atoms with Gasteiger partial charge >= 0.3 is 12.0 Å². The summed E-state index contributed by atoms with van der Waals surface area (Å²) in [7, 11) is 0. The van der Waals surface area contributed by atoms with Crippen LogP contribution in [0, 0.1) is 0 Å². The first-order chi connectivity index (χ1) is 7.33. The van der Waals surface area contributed by atoms with Gasteiger partial charge in [0.25, 0.3) is 0 Å². The summed E-state index contributed by atoms with van der Waals surface area (Å²) in [5, 5.41) is -0.574. The van der Waals surface area contributed by atoms with Crippen LogP contribution in [0.5, 0.6) is 0 Å². The molecule has 2 nitrogen and oxygen atoms in total. The first-order valence-electron chi connectivity index (χ1n) is 5.20. The molecule has 0 aromatic carbocycles. The average Bonchev–Trinajstić information content (AvgIpc) is 2.14. The zero-order valence-corrected chi connectivity index (χ0v) is 13.2. The molecule has 0 spiro atoms. The molecule has 0 saturated heterocycles. The molecule has 0 rings (SSSR count). The molecule has 0 aliphatic carbocycles. The number of halogens is 4. The first kappa shape index (κ1) is 16.8. The molecule has 0 aromatic heterocycles. The number of esters is 1. The number of hydrogen-bond donors (Lipinski definition) is 0. The van der Waals surface area contributed by atoms with Crippen LogP contribution in [0.4, 0.5) is 0 Å². The Labute approximate surface area is 117 Å². The Balaban J connectivity index is 3.26. The lowest BCUT2D eigenvalue weighted by Crippen LogP contribution is -2.15. The van der Waals surface area contributed by atoms with Crippen LogP contribution in [0.3, 0.4) is 0 Å². The lowest BCUT2D eigenvalue weighted by Gasteiger charge is -2.07. The van der Waals surface area contributed by atoms with Gasteiger partial charge in [0.05, 0.1) is 6.61 Å². The van der Waals surface area contributed by atoms with Gasteiger partial charge in [0.15, 0.2) is 0 Å². The normalized spacial score (nSPS) is 13.6. The topological polar surface area (TPSA) is 26.3 Å². The molecule has 0 radical (unpaired) electrons. The number of ether oxygens (including phenoxy) is 1. The SMILES string of the molecule is CC(Cl)C(=O)OCCCCCC[Si](Cl)(Cl)Cl. The van der Waals surface area contributed by atoms with Gasteiger partial charge < -0.3 is 4.74 Å². The molecule has 96 valence electrons. The fraction of sp³-hybridized carbons (Fsp3) is 0.889. The molecule has 0 N–H and O–H groups in total. The maximum Gasteiger partial charge on any atom is 0.341 e. The van der Waals surface area contributed by atoms with E-state index in [2.05, 4.69) is 0 Å². The fourth-order valence-corrected chi connectivity index (χ4v) is 2.99. The second-order valence-corrected chi connectivity index (χ2v) is 13.5. The number of alkyl halides is 1. The van der Waals surface area contributed by atoms with Gasteiger partial charge in [-0.1, -0.05) is 19.3 Å². The first-order valence-corrected chi connectivity index (χ1v) is 10.9. The summed E-state index contributed by atoms with van der Waals surface area (Å²) in [6.07, 6.45) is 3.72. The van der Waals surface area contributed by atoms with Crippen molar-refractivity contribution in [3.8, 4) is 0 Å².